The van der Waals surface area contributed by atoms with E-state index < -0.39 is 0 Å². The smallest absolute Gasteiger partial charge is 0.0622 e. The normalized spacial score (nSPS) is 15.3. The van der Waals surface area contributed by atoms with Gasteiger partial charge in [-0.1, -0.05) is 380 Å². The Hall–Kier alpha value is -14.6. The van der Waals surface area contributed by atoms with Crippen LogP contribution in [0.15, 0.2) is 382 Å². The zero-order chi connectivity index (χ0) is 87.3. The number of aromatic nitrogens is 3. The summed E-state index contributed by atoms with van der Waals surface area (Å²) in [5.41, 5.74) is 52.0. The highest BCUT2D eigenvalue weighted by molar-refractivity contribution is 6.19. The average Bonchev–Trinajstić information content (AvgIpc) is 1.65. The van der Waals surface area contributed by atoms with Gasteiger partial charge in [0, 0.05) is 87.4 Å². The maximum absolute atomic E-state index is 2.49. The lowest BCUT2D eigenvalue weighted by Gasteiger charge is -2.24. The lowest BCUT2D eigenvalue weighted by atomic mass is 9.79. The summed E-state index contributed by atoms with van der Waals surface area (Å²) in [7, 11) is 0. The Morgan fingerprint density at radius 3 is 1.01 bits per heavy atom. The quantitative estimate of drug-likeness (QED) is 0.158. The molecule has 0 radical (unpaired) electrons. The van der Waals surface area contributed by atoms with Crippen molar-refractivity contribution in [3.8, 4) is 117 Å². The minimum Gasteiger partial charge on any atom is -0.309 e. The fraction of sp³-hybridized carbons (Fsp3) is 0.143. The first kappa shape index (κ1) is 76.8. The van der Waals surface area contributed by atoms with Gasteiger partial charge in [-0.3, -0.25) is 0 Å². The van der Waals surface area contributed by atoms with Crippen molar-refractivity contribution in [2.45, 2.75) is 116 Å². The molecule has 21 aromatic rings. The van der Waals surface area contributed by atoms with E-state index in [1.807, 2.05) is 0 Å². The standard InChI is InChI=1S/3C42H33N/c1-41(2)34-18-9-6-13-31(34)38-35(41)24-25-37-39(38)32-14-7-10-19-36(32)43(37)27-22-20-26(21-23-27)28-15-11-16-30-29-12-5-8-17-33(29)42(3,4)40(28)30;1-41(2)34-14-8-5-11-29(34)33-25-27(19-23-36(33)41)26-17-20-28(21-18-26)43-38-16-10-7-12-30(38)31-22-24-37-39(40(31)43)32-13-6-9-15-35(32)42(37,3)4;1-41(2)35-14-8-5-11-29(35)32-23-27(19-22-37(32)41)26-17-20-28(21-18-26)43-39-16-10-7-13-31(39)34-24-33-30-12-6-9-15-36(30)42(3,4)38(33)25-40(34)43/h3*5-25H,1-4H3. The second-order valence-corrected chi connectivity index (χ2v) is 40.2. The molecule has 0 saturated carbocycles. The van der Waals surface area contributed by atoms with Gasteiger partial charge in [-0.2, -0.15) is 0 Å². The van der Waals surface area contributed by atoms with Crippen LogP contribution in [0, 0.1) is 0 Å². The first-order valence-corrected chi connectivity index (χ1v) is 46.1. The molecule has 0 saturated heterocycles. The Morgan fingerprint density at radius 2 is 0.488 bits per heavy atom. The maximum Gasteiger partial charge on any atom is 0.0622 e. The van der Waals surface area contributed by atoms with Crippen LogP contribution < -0.4 is 0 Å². The number of fused-ring (bicyclic) bond motifs is 29. The van der Waals surface area contributed by atoms with Crippen molar-refractivity contribution in [1.29, 1.82) is 0 Å². The minimum atomic E-state index is -0.0432. The van der Waals surface area contributed by atoms with Crippen LogP contribution in [0.3, 0.4) is 0 Å². The summed E-state index contributed by atoms with van der Waals surface area (Å²) in [5.74, 6) is 0. The average molecular weight is 1660 g/mol. The van der Waals surface area contributed by atoms with Crippen molar-refractivity contribution in [1.82, 2.24) is 13.7 Å². The highest BCUT2D eigenvalue weighted by Crippen LogP contribution is 2.59. The van der Waals surface area contributed by atoms with Crippen molar-refractivity contribution < 1.29 is 0 Å². The van der Waals surface area contributed by atoms with Gasteiger partial charge in [0.05, 0.1) is 33.1 Å². The summed E-state index contributed by atoms with van der Waals surface area (Å²) < 4.78 is 7.40. The van der Waals surface area contributed by atoms with Gasteiger partial charge in [0.2, 0.25) is 0 Å². The molecule has 0 atom stereocenters. The molecule has 3 heterocycles. The second kappa shape index (κ2) is 27.4. The summed E-state index contributed by atoms with van der Waals surface area (Å²) >= 11 is 0. The molecule has 618 valence electrons. The van der Waals surface area contributed by atoms with E-state index in [0.717, 1.165) is 0 Å². The van der Waals surface area contributed by atoms with Crippen molar-refractivity contribution in [2.24, 2.45) is 0 Å². The van der Waals surface area contributed by atoms with Gasteiger partial charge in [0.25, 0.3) is 0 Å². The third kappa shape index (κ3) is 10.8. The number of nitrogens with zero attached hydrogens (tertiary/aromatic N) is 3. The zero-order valence-corrected chi connectivity index (χ0v) is 75.2. The minimum absolute atomic E-state index is 0.0195. The van der Waals surface area contributed by atoms with Crippen LogP contribution in [0.2, 0.25) is 0 Å². The van der Waals surface area contributed by atoms with Crippen molar-refractivity contribution in [3.63, 3.8) is 0 Å². The number of hydrogen-bond acceptors (Lipinski definition) is 0. The Labute approximate surface area is 755 Å². The van der Waals surface area contributed by atoms with Crippen LogP contribution in [-0.4, -0.2) is 13.7 Å². The molecule has 0 bridgehead atoms. The van der Waals surface area contributed by atoms with Crippen molar-refractivity contribution in [2.75, 3.05) is 0 Å². The van der Waals surface area contributed by atoms with Crippen LogP contribution in [0.1, 0.15) is 150 Å². The topological polar surface area (TPSA) is 14.8 Å². The molecule has 0 spiro atoms. The van der Waals surface area contributed by atoms with E-state index in [4.69, 9.17) is 0 Å². The van der Waals surface area contributed by atoms with Crippen molar-refractivity contribution >= 4 is 65.4 Å². The highest BCUT2D eigenvalue weighted by atomic mass is 15.0. The van der Waals surface area contributed by atoms with E-state index in [-0.39, 0.29) is 32.5 Å². The summed E-state index contributed by atoms with van der Waals surface area (Å²) in [5, 5.41) is 7.89. The van der Waals surface area contributed by atoms with Gasteiger partial charge in [0.15, 0.2) is 0 Å². The molecule has 18 aromatic carbocycles. The van der Waals surface area contributed by atoms with Crippen LogP contribution in [-0.2, 0) is 32.5 Å². The van der Waals surface area contributed by atoms with Gasteiger partial charge >= 0.3 is 0 Å². The SMILES string of the molecule is CC1(C)c2ccccc2-c2c1ccc1c2c2ccccc2n1-c1ccc(-c2cccc3c2C(C)(C)c2ccccc2-3)cc1.CC1(C)c2ccccc2-c2cc(-c3ccc(-n4c5ccccc5c5cc6c(cc54)C(C)(C)c4ccccc4-6)cc3)ccc21.CC1(C)c2ccccc2-c2cc(-c3ccc(-n4c5ccccc5c5ccc6c(c54)-c4ccccc4C6(C)C)cc3)ccc21. The molecule has 129 heavy (non-hydrogen) atoms. The number of rotatable bonds is 6. The third-order valence-corrected chi connectivity index (χ3v) is 31.2. The van der Waals surface area contributed by atoms with E-state index >= 15 is 0 Å². The predicted molar refractivity (Wildman–Crippen MR) is 544 cm³/mol. The van der Waals surface area contributed by atoms with E-state index in [2.05, 4.69) is 479 Å². The van der Waals surface area contributed by atoms with E-state index in [0.29, 0.717) is 0 Å². The van der Waals surface area contributed by atoms with Crippen LogP contribution in [0.4, 0.5) is 0 Å². The molecule has 6 aliphatic carbocycles. The maximum atomic E-state index is 2.49. The Kier molecular flexibility index (Phi) is 16.3. The van der Waals surface area contributed by atoms with Gasteiger partial charge in [-0.05, 0) is 246 Å². The van der Waals surface area contributed by atoms with E-state index in [1.54, 1.807) is 0 Å². The van der Waals surface area contributed by atoms with Gasteiger partial charge in [-0.25, -0.2) is 0 Å². The molecule has 6 aliphatic rings. The molecule has 0 fully saturated rings. The molecule has 0 amide bonds. The molecular formula is C126H99N3. The fourth-order valence-electron chi connectivity index (χ4n) is 24.8. The predicted octanol–water partition coefficient (Wildman–Crippen LogP) is 33.2. The lowest BCUT2D eigenvalue weighted by Crippen LogP contribution is -2.16. The van der Waals surface area contributed by atoms with E-state index in [1.165, 1.54) is 249 Å². The Balaban J connectivity index is 0.000000105. The Morgan fingerprint density at radius 1 is 0.163 bits per heavy atom. The number of benzene rings is 18. The summed E-state index contributed by atoms with van der Waals surface area (Å²) in [6.45, 7) is 28.3. The van der Waals surface area contributed by atoms with Gasteiger partial charge < -0.3 is 13.7 Å². The molecule has 3 heteroatoms. The molecule has 0 unspecified atom stereocenters. The molecular weight excluding hydrogens is 1560 g/mol. The number of hydrogen-bond donors (Lipinski definition) is 0. The monoisotopic (exact) mass is 1650 g/mol. The van der Waals surface area contributed by atoms with E-state index in [9.17, 15) is 0 Å². The van der Waals surface area contributed by atoms with Crippen LogP contribution in [0.5, 0.6) is 0 Å². The molecule has 0 N–H and O–H groups in total. The summed E-state index contributed by atoms with van der Waals surface area (Å²) in [4.78, 5) is 0. The summed E-state index contributed by atoms with van der Waals surface area (Å²) in [6.07, 6.45) is 0. The summed E-state index contributed by atoms with van der Waals surface area (Å²) in [6, 6.07) is 143. The number of para-hydroxylation sites is 3. The highest BCUT2D eigenvalue weighted by Gasteiger charge is 2.44. The molecule has 0 aliphatic heterocycles. The lowest BCUT2D eigenvalue weighted by molar-refractivity contribution is 0.660. The zero-order valence-electron chi connectivity index (χ0n) is 75.2. The van der Waals surface area contributed by atoms with Crippen LogP contribution >= 0.6 is 0 Å². The molecule has 3 nitrogen and oxygen atoms in total. The molecule has 27 rings (SSSR count). The third-order valence-electron chi connectivity index (χ3n) is 31.2. The molecule has 3 aromatic heterocycles. The first-order chi connectivity index (χ1) is 62.6. The van der Waals surface area contributed by atoms with Crippen LogP contribution in [0.25, 0.3) is 183 Å². The Bertz CT molecular complexity index is 8360. The first-order valence-electron chi connectivity index (χ1n) is 46.1. The van der Waals surface area contributed by atoms with Gasteiger partial charge in [0.1, 0.15) is 0 Å². The van der Waals surface area contributed by atoms with Gasteiger partial charge in [-0.15, -0.1) is 0 Å². The second-order valence-electron chi connectivity index (χ2n) is 40.2. The van der Waals surface area contributed by atoms with Crippen molar-refractivity contribution in [3.05, 3.63) is 449 Å². The largest absolute Gasteiger partial charge is 0.309 e. The fourth-order valence-corrected chi connectivity index (χ4v) is 24.8.